The van der Waals surface area contributed by atoms with E-state index in [0.717, 1.165) is 19.0 Å². The molecule has 1 N–H and O–H groups in total. The van der Waals surface area contributed by atoms with Gasteiger partial charge in [0.1, 0.15) is 0 Å². The Morgan fingerprint density at radius 2 is 1.62 bits per heavy atom. The van der Waals surface area contributed by atoms with Crippen molar-refractivity contribution in [3.05, 3.63) is 29.8 Å². The molecule has 1 aromatic carbocycles. The summed E-state index contributed by atoms with van der Waals surface area (Å²) in [5.41, 5.74) is 2.85. The van der Waals surface area contributed by atoms with E-state index >= 15 is 0 Å². The Morgan fingerprint density at radius 1 is 0.905 bits per heavy atom. The molecule has 2 heteroatoms. The molecule has 0 aromatic heterocycles. The van der Waals surface area contributed by atoms with Gasteiger partial charge in [-0.2, -0.15) is 0 Å². The summed E-state index contributed by atoms with van der Waals surface area (Å²) in [5, 5.41) is 3.76. The second-order valence-electron chi connectivity index (χ2n) is 6.88. The number of rotatable bonds is 5. The third-order valence-electron chi connectivity index (χ3n) is 5.17. The SMILES string of the molecule is c1ccc(NCC2CCCCCC2)c(CN2CCCC2)c1. The highest BCUT2D eigenvalue weighted by molar-refractivity contribution is 5.51. The van der Waals surface area contributed by atoms with Gasteiger partial charge in [-0.25, -0.2) is 0 Å². The number of para-hydroxylation sites is 1. The third-order valence-corrected chi connectivity index (χ3v) is 5.17. The quantitative estimate of drug-likeness (QED) is 0.792. The zero-order valence-electron chi connectivity index (χ0n) is 13.3. The smallest absolute Gasteiger partial charge is 0.0385 e. The largest absolute Gasteiger partial charge is 0.385 e. The van der Waals surface area contributed by atoms with Crippen molar-refractivity contribution >= 4 is 5.69 Å². The fraction of sp³-hybridized carbons (Fsp3) is 0.684. The monoisotopic (exact) mass is 286 g/mol. The van der Waals surface area contributed by atoms with Crippen molar-refractivity contribution < 1.29 is 0 Å². The summed E-state index contributed by atoms with van der Waals surface area (Å²) in [6, 6.07) is 8.92. The molecule has 1 heterocycles. The van der Waals surface area contributed by atoms with E-state index in [2.05, 4.69) is 34.5 Å². The van der Waals surface area contributed by atoms with E-state index in [4.69, 9.17) is 0 Å². The van der Waals surface area contributed by atoms with Crippen LogP contribution in [0, 0.1) is 5.92 Å². The van der Waals surface area contributed by atoms with Gasteiger partial charge in [-0.3, -0.25) is 4.90 Å². The van der Waals surface area contributed by atoms with Crippen LogP contribution in [0.1, 0.15) is 56.9 Å². The zero-order valence-corrected chi connectivity index (χ0v) is 13.3. The Kier molecular flexibility index (Phi) is 5.56. The molecule has 0 unspecified atom stereocenters. The van der Waals surface area contributed by atoms with E-state index in [9.17, 15) is 0 Å². The molecule has 1 aliphatic heterocycles. The van der Waals surface area contributed by atoms with Crippen molar-refractivity contribution in [2.75, 3.05) is 25.0 Å². The fourth-order valence-corrected chi connectivity index (χ4v) is 3.83. The van der Waals surface area contributed by atoms with Crippen LogP contribution in [0.4, 0.5) is 5.69 Å². The second kappa shape index (κ2) is 7.84. The van der Waals surface area contributed by atoms with E-state index < -0.39 is 0 Å². The minimum absolute atomic E-state index is 0.882. The lowest BCUT2D eigenvalue weighted by molar-refractivity contribution is 0.332. The molecule has 1 saturated carbocycles. The molecule has 2 aliphatic rings. The molecule has 0 atom stereocenters. The van der Waals surface area contributed by atoms with E-state index in [0.29, 0.717) is 0 Å². The van der Waals surface area contributed by atoms with Crippen molar-refractivity contribution in [1.82, 2.24) is 4.90 Å². The molecule has 3 rings (SSSR count). The number of hydrogen-bond acceptors (Lipinski definition) is 2. The lowest BCUT2D eigenvalue weighted by Crippen LogP contribution is -2.20. The average molecular weight is 286 g/mol. The lowest BCUT2D eigenvalue weighted by atomic mass is 10.00. The van der Waals surface area contributed by atoms with Crippen molar-refractivity contribution in [2.24, 2.45) is 5.92 Å². The summed E-state index contributed by atoms with van der Waals surface area (Å²) in [6.07, 6.45) is 11.3. The molecule has 0 bridgehead atoms. The molecular weight excluding hydrogens is 256 g/mol. The van der Waals surface area contributed by atoms with E-state index in [-0.39, 0.29) is 0 Å². The van der Waals surface area contributed by atoms with Crippen molar-refractivity contribution in [3.8, 4) is 0 Å². The molecule has 1 saturated heterocycles. The maximum atomic E-state index is 3.76. The Balaban J connectivity index is 1.56. The van der Waals surface area contributed by atoms with Crippen LogP contribution in [-0.4, -0.2) is 24.5 Å². The number of nitrogens with zero attached hydrogens (tertiary/aromatic N) is 1. The van der Waals surface area contributed by atoms with Crippen LogP contribution in [-0.2, 0) is 6.54 Å². The topological polar surface area (TPSA) is 15.3 Å². The summed E-state index contributed by atoms with van der Waals surface area (Å²) in [7, 11) is 0. The highest BCUT2D eigenvalue weighted by atomic mass is 15.1. The number of benzene rings is 1. The van der Waals surface area contributed by atoms with Gasteiger partial charge in [-0.15, -0.1) is 0 Å². The molecule has 0 spiro atoms. The standard InChI is InChI=1S/C19H30N2/c1-2-4-10-17(9-3-1)15-20-19-12-6-5-11-18(19)16-21-13-7-8-14-21/h5-6,11-12,17,20H,1-4,7-10,13-16H2. The van der Waals surface area contributed by atoms with Gasteiger partial charge < -0.3 is 5.32 Å². The number of anilines is 1. The van der Waals surface area contributed by atoms with E-state index in [1.807, 2.05) is 0 Å². The minimum atomic E-state index is 0.882. The molecule has 2 fully saturated rings. The van der Waals surface area contributed by atoms with Gasteiger partial charge in [0.25, 0.3) is 0 Å². The molecule has 1 aromatic rings. The van der Waals surface area contributed by atoms with Gasteiger partial charge in [0, 0.05) is 18.8 Å². The van der Waals surface area contributed by atoms with Crippen LogP contribution < -0.4 is 5.32 Å². The van der Waals surface area contributed by atoms with Gasteiger partial charge >= 0.3 is 0 Å². The molecule has 1 aliphatic carbocycles. The van der Waals surface area contributed by atoms with Crippen LogP contribution in [0.15, 0.2) is 24.3 Å². The Morgan fingerprint density at radius 3 is 2.38 bits per heavy atom. The van der Waals surface area contributed by atoms with Crippen molar-refractivity contribution in [2.45, 2.75) is 57.9 Å². The van der Waals surface area contributed by atoms with E-state index in [1.54, 1.807) is 0 Å². The van der Waals surface area contributed by atoms with Crippen molar-refractivity contribution in [3.63, 3.8) is 0 Å². The van der Waals surface area contributed by atoms with Gasteiger partial charge in [0.2, 0.25) is 0 Å². The van der Waals surface area contributed by atoms with Crippen LogP contribution in [0.2, 0.25) is 0 Å². The summed E-state index contributed by atoms with van der Waals surface area (Å²) >= 11 is 0. The number of nitrogens with one attached hydrogen (secondary N) is 1. The van der Waals surface area contributed by atoms with Gasteiger partial charge in [0.15, 0.2) is 0 Å². The highest BCUT2D eigenvalue weighted by Crippen LogP contribution is 2.25. The highest BCUT2D eigenvalue weighted by Gasteiger charge is 2.15. The lowest BCUT2D eigenvalue weighted by Gasteiger charge is -2.20. The third kappa shape index (κ3) is 4.47. The maximum Gasteiger partial charge on any atom is 0.0385 e. The Bertz CT molecular complexity index is 415. The normalized spacial score (nSPS) is 21.3. The molecule has 116 valence electrons. The van der Waals surface area contributed by atoms with E-state index in [1.165, 1.54) is 75.7 Å². The van der Waals surface area contributed by atoms with Crippen molar-refractivity contribution in [1.29, 1.82) is 0 Å². The number of hydrogen-bond donors (Lipinski definition) is 1. The average Bonchev–Trinajstić information content (AvgIpc) is 2.88. The first kappa shape index (κ1) is 14.9. The second-order valence-corrected chi connectivity index (χ2v) is 6.88. The first-order chi connectivity index (χ1) is 10.4. The summed E-state index contributed by atoms with van der Waals surface area (Å²) < 4.78 is 0. The fourth-order valence-electron chi connectivity index (χ4n) is 3.83. The first-order valence-corrected chi connectivity index (χ1v) is 8.96. The van der Waals surface area contributed by atoms with Gasteiger partial charge in [-0.1, -0.05) is 43.9 Å². The molecular formula is C19H30N2. The van der Waals surface area contributed by atoms with Gasteiger partial charge in [-0.05, 0) is 56.3 Å². The predicted octanol–water partition coefficient (Wildman–Crippen LogP) is 4.66. The molecule has 0 radical (unpaired) electrons. The first-order valence-electron chi connectivity index (χ1n) is 8.96. The van der Waals surface area contributed by atoms with Crippen LogP contribution in [0.5, 0.6) is 0 Å². The minimum Gasteiger partial charge on any atom is -0.385 e. The Hall–Kier alpha value is -1.02. The van der Waals surface area contributed by atoms with Crippen LogP contribution in [0.3, 0.4) is 0 Å². The molecule has 2 nitrogen and oxygen atoms in total. The zero-order chi connectivity index (χ0) is 14.3. The summed E-state index contributed by atoms with van der Waals surface area (Å²) in [6.45, 7) is 4.83. The van der Waals surface area contributed by atoms with Gasteiger partial charge in [0.05, 0.1) is 0 Å². The van der Waals surface area contributed by atoms with Crippen LogP contribution in [0.25, 0.3) is 0 Å². The predicted molar refractivity (Wildman–Crippen MR) is 90.6 cm³/mol. The molecule has 21 heavy (non-hydrogen) atoms. The Labute approximate surface area is 129 Å². The summed E-state index contributed by atoms with van der Waals surface area (Å²) in [4.78, 5) is 2.59. The number of likely N-dealkylation sites (tertiary alicyclic amines) is 1. The van der Waals surface area contributed by atoms with Crippen LogP contribution >= 0.6 is 0 Å². The summed E-state index contributed by atoms with van der Waals surface area (Å²) in [5.74, 6) is 0.882. The maximum absolute atomic E-state index is 3.76. The molecule has 0 amide bonds.